The summed E-state index contributed by atoms with van der Waals surface area (Å²) in [7, 11) is 0. The number of hydrogen-bond acceptors (Lipinski definition) is 4. The van der Waals surface area contributed by atoms with E-state index < -0.39 is 6.04 Å². The summed E-state index contributed by atoms with van der Waals surface area (Å²) in [6, 6.07) is -0.451. The highest BCUT2D eigenvalue weighted by atomic mass is 35.5. The van der Waals surface area contributed by atoms with Crippen molar-refractivity contribution in [2.75, 3.05) is 39.3 Å². The fourth-order valence-electron chi connectivity index (χ4n) is 1.86. The van der Waals surface area contributed by atoms with Gasteiger partial charge in [0.2, 0.25) is 11.8 Å². The van der Waals surface area contributed by atoms with Crippen LogP contribution in [-0.2, 0) is 9.59 Å². The van der Waals surface area contributed by atoms with Crippen molar-refractivity contribution in [2.45, 2.75) is 13.0 Å². The van der Waals surface area contributed by atoms with Gasteiger partial charge in [-0.2, -0.15) is 0 Å². The molecule has 0 saturated carbocycles. The fraction of sp³-hybridized carbons (Fsp3) is 0.667. The van der Waals surface area contributed by atoms with E-state index in [4.69, 9.17) is 5.73 Å². The normalized spacial score (nSPS) is 16.4. The Balaban J connectivity index is 0. The van der Waals surface area contributed by atoms with Crippen molar-refractivity contribution in [3.63, 3.8) is 0 Å². The Labute approximate surface area is 132 Å². The summed E-state index contributed by atoms with van der Waals surface area (Å²) in [4.78, 5) is 26.9. The van der Waals surface area contributed by atoms with Gasteiger partial charge in [0.1, 0.15) is 0 Å². The van der Waals surface area contributed by atoms with Gasteiger partial charge >= 0.3 is 0 Å². The van der Waals surface area contributed by atoms with Crippen LogP contribution in [0.4, 0.5) is 0 Å². The van der Waals surface area contributed by atoms with Crippen LogP contribution in [0.1, 0.15) is 6.92 Å². The highest BCUT2D eigenvalue weighted by Gasteiger charge is 2.23. The molecule has 1 atom stereocenters. The summed E-state index contributed by atoms with van der Waals surface area (Å²) in [6.45, 7) is 8.77. The van der Waals surface area contributed by atoms with Crippen molar-refractivity contribution in [3.05, 3.63) is 12.7 Å². The Morgan fingerprint density at radius 3 is 2.30 bits per heavy atom. The van der Waals surface area contributed by atoms with Gasteiger partial charge in [-0.25, -0.2) is 0 Å². The minimum atomic E-state index is -0.451. The number of nitrogens with two attached hydrogens (primary N) is 1. The molecule has 1 fully saturated rings. The first kappa shape index (κ1) is 21.5. The molecule has 1 saturated heterocycles. The lowest BCUT2D eigenvalue weighted by atomic mass is 10.2. The lowest BCUT2D eigenvalue weighted by molar-refractivity contribution is -0.134. The number of nitrogens with one attached hydrogen (secondary N) is 1. The van der Waals surface area contributed by atoms with E-state index in [-0.39, 0.29) is 36.6 Å². The van der Waals surface area contributed by atoms with Gasteiger partial charge in [0.15, 0.2) is 0 Å². The monoisotopic (exact) mass is 326 g/mol. The quantitative estimate of drug-likeness (QED) is 0.675. The first-order valence-electron chi connectivity index (χ1n) is 6.19. The maximum Gasteiger partial charge on any atom is 0.239 e. The van der Waals surface area contributed by atoms with E-state index in [1.807, 2.05) is 4.90 Å². The molecule has 8 heteroatoms. The summed E-state index contributed by atoms with van der Waals surface area (Å²) in [5, 5.41) is 2.73. The largest absolute Gasteiger partial charge is 0.352 e. The van der Waals surface area contributed by atoms with Gasteiger partial charge in [0.05, 0.1) is 12.6 Å². The average Bonchev–Trinajstić information content (AvgIpc) is 2.36. The zero-order chi connectivity index (χ0) is 13.5. The number of carbonyl (C=O) groups excluding carboxylic acids is 2. The van der Waals surface area contributed by atoms with Crippen LogP contribution >= 0.6 is 24.8 Å². The molecule has 0 aromatic rings. The molecule has 118 valence electrons. The minimum Gasteiger partial charge on any atom is -0.352 e. The first-order chi connectivity index (χ1) is 8.54. The molecule has 0 radical (unpaired) electrons. The van der Waals surface area contributed by atoms with Crippen LogP contribution in [0.25, 0.3) is 0 Å². The van der Waals surface area contributed by atoms with Gasteiger partial charge in [-0.05, 0) is 6.92 Å². The maximum absolute atomic E-state index is 11.7. The molecule has 0 aromatic carbocycles. The van der Waals surface area contributed by atoms with E-state index in [0.717, 1.165) is 0 Å². The standard InChI is InChI=1S/C12H22N4O2.2ClH/c1-3-4-14-11(17)9-15-5-7-16(8-6-15)12(18)10(2)13;;/h3,10H,1,4-9,13H2,2H3,(H,14,17);2*1H/t10-;;/m1../s1. The molecule has 1 aliphatic rings. The topological polar surface area (TPSA) is 78.7 Å². The van der Waals surface area contributed by atoms with Crippen LogP contribution < -0.4 is 11.1 Å². The van der Waals surface area contributed by atoms with E-state index in [0.29, 0.717) is 39.3 Å². The number of piperazine rings is 1. The van der Waals surface area contributed by atoms with Gasteiger partial charge in [-0.1, -0.05) is 6.08 Å². The molecule has 0 spiro atoms. The molecule has 0 unspecified atom stereocenters. The van der Waals surface area contributed by atoms with E-state index in [9.17, 15) is 9.59 Å². The summed E-state index contributed by atoms with van der Waals surface area (Å²) in [5.74, 6) is -0.0346. The molecule has 1 heterocycles. The van der Waals surface area contributed by atoms with E-state index in [1.165, 1.54) is 0 Å². The third-order valence-electron chi connectivity index (χ3n) is 2.88. The fourth-order valence-corrected chi connectivity index (χ4v) is 1.86. The summed E-state index contributed by atoms with van der Waals surface area (Å²) in [6.07, 6.45) is 1.65. The third-order valence-corrected chi connectivity index (χ3v) is 2.88. The van der Waals surface area contributed by atoms with Crippen LogP contribution in [0.15, 0.2) is 12.7 Å². The number of carbonyl (C=O) groups is 2. The number of halogens is 2. The second kappa shape index (κ2) is 10.9. The second-order valence-corrected chi connectivity index (χ2v) is 4.48. The third kappa shape index (κ3) is 7.09. The Kier molecular flexibility index (Phi) is 11.7. The maximum atomic E-state index is 11.7. The molecular weight excluding hydrogens is 303 g/mol. The molecule has 0 aromatic heterocycles. The molecule has 20 heavy (non-hydrogen) atoms. The zero-order valence-corrected chi connectivity index (χ0v) is 13.3. The minimum absolute atomic E-state index is 0. The summed E-state index contributed by atoms with van der Waals surface area (Å²) in [5.41, 5.74) is 5.56. The highest BCUT2D eigenvalue weighted by Crippen LogP contribution is 2.03. The summed E-state index contributed by atoms with van der Waals surface area (Å²) < 4.78 is 0. The molecular formula is C12H24Cl2N4O2. The van der Waals surface area contributed by atoms with Gasteiger partial charge in [0, 0.05) is 32.7 Å². The zero-order valence-electron chi connectivity index (χ0n) is 11.7. The molecule has 1 aliphatic heterocycles. The molecule has 1 rings (SSSR count). The van der Waals surface area contributed by atoms with Crippen molar-refractivity contribution in [1.29, 1.82) is 0 Å². The lowest BCUT2D eigenvalue weighted by Crippen LogP contribution is -2.54. The predicted molar refractivity (Wildman–Crippen MR) is 84.4 cm³/mol. The van der Waals surface area contributed by atoms with Crippen LogP contribution in [0.2, 0.25) is 0 Å². The molecule has 3 N–H and O–H groups in total. The second-order valence-electron chi connectivity index (χ2n) is 4.48. The Hall–Kier alpha value is -0.820. The van der Waals surface area contributed by atoms with Crippen molar-refractivity contribution < 1.29 is 9.59 Å². The number of nitrogens with zero attached hydrogens (tertiary/aromatic N) is 2. The Bertz CT molecular complexity index is 319. The Morgan fingerprint density at radius 1 is 1.30 bits per heavy atom. The van der Waals surface area contributed by atoms with E-state index in [2.05, 4.69) is 11.9 Å². The lowest BCUT2D eigenvalue weighted by Gasteiger charge is -2.35. The SMILES string of the molecule is C=CCNC(=O)CN1CCN(C(=O)[C@@H](C)N)CC1.Cl.Cl. The van der Waals surface area contributed by atoms with Gasteiger partial charge < -0.3 is 16.0 Å². The van der Waals surface area contributed by atoms with Gasteiger partial charge in [-0.3, -0.25) is 14.5 Å². The van der Waals surface area contributed by atoms with E-state index in [1.54, 1.807) is 17.9 Å². The van der Waals surface area contributed by atoms with Crippen molar-refractivity contribution in [1.82, 2.24) is 15.1 Å². The smallest absolute Gasteiger partial charge is 0.239 e. The van der Waals surface area contributed by atoms with Crippen LogP contribution in [-0.4, -0.2) is 66.9 Å². The number of rotatable bonds is 5. The van der Waals surface area contributed by atoms with Crippen LogP contribution in [0.5, 0.6) is 0 Å². The Morgan fingerprint density at radius 2 is 1.85 bits per heavy atom. The van der Waals surface area contributed by atoms with Crippen molar-refractivity contribution in [3.8, 4) is 0 Å². The molecule has 0 aliphatic carbocycles. The van der Waals surface area contributed by atoms with Crippen molar-refractivity contribution >= 4 is 36.6 Å². The molecule has 6 nitrogen and oxygen atoms in total. The molecule has 2 amide bonds. The number of amides is 2. The van der Waals surface area contributed by atoms with Gasteiger partial charge in [0.25, 0.3) is 0 Å². The highest BCUT2D eigenvalue weighted by molar-refractivity contribution is 5.85. The number of hydrogen-bond donors (Lipinski definition) is 2. The van der Waals surface area contributed by atoms with Crippen LogP contribution in [0, 0.1) is 0 Å². The predicted octanol–water partition coefficient (Wildman–Crippen LogP) is -0.376. The van der Waals surface area contributed by atoms with E-state index >= 15 is 0 Å². The summed E-state index contributed by atoms with van der Waals surface area (Å²) >= 11 is 0. The van der Waals surface area contributed by atoms with Crippen LogP contribution in [0.3, 0.4) is 0 Å². The molecule has 0 bridgehead atoms. The first-order valence-corrected chi connectivity index (χ1v) is 6.19. The van der Waals surface area contributed by atoms with Crippen molar-refractivity contribution in [2.24, 2.45) is 5.73 Å². The van der Waals surface area contributed by atoms with Gasteiger partial charge in [-0.15, -0.1) is 31.4 Å². The average molecular weight is 327 g/mol.